The first-order valence-electron chi connectivity index (χ1n) is 15.9. The summed E-state index contributed by atoms with van der Waals surface area (Å²) >= 11 is 0. The molecule has 0 saturated carbocycles. The van der Waals surface area contributed by atoms with Crippen LogP contribution in [0.4, 0.5) is 0 Å². The molecule has 1 aliphatic heterocycles. The molecular weight excluding hydrogens is 556 g/mol. The second-order valence-corrected chi connectivity index (χ2v) is 12.4. The maximum atomic E-state index is 6.80. The van der Waals surface area contributed by atoms with Crippen molar-refractivity contribution in [1.82, 2.24) is 0 Å². The Morgan fingerprint density at radius 2 is 1.07 bits per heavy atom. The second-order valence-electron chi connectivity index (χ2n) is 12.4. The predicted molar refractivity (Wildman–Crippen MR) is 190 cm³/mol. The lowest BCUT2D eigenvalue weighted by molar-refractivity contribution is 0.489. The molecular formula is C45H28O. The predicted octanol–water partition coefficient (Wildman–Crippen LogP) is 11.8. The second kappa shape index (κ2) is 9.54. The molecule has 1 heteroatoms. The van der Waals surface area contributed by atoms with Crippen LogP contribution in [0.5, 0.6) is 11.5 Å². The maximum absolute atomic E-state index is 6.80. The van der Waals surface area contributed by atoms with Crippen LogP contribution in [0.1, 0.15) is 22.3 Å². The molecule has 0 atom stereocenters. The first kappa shape index (κ1) is 25.4. The number of benzene rings is 8. The Labute approximate surface area is 268 Å². The standard InChI is InChI=1S/C45H28O/c1-3-15-32(16-4-1)45(33-17-5-2-6-18-33)39-27-25-29-12-7-8-19-34(29)43(39)38-26-24-31(28-40(38)45)35-20-11-22-37-36-21-9-13-30-14-10-23-41(42(30)36)46-44(35)37/h1-28H. The number of para-hydroxylation sites is 1. The molecule has 1 heterocycles. The highest BCUT2D eigenvalue weighted by atomic mass is 16.5. The van der Waals surface area contributed by atoms with E-state index in [4.69, 9.17) is 4.74 Å². The lowest BCUT2D eigenvalue weighted by Gasteiger charge is -2.34. The molecule has 0 radical (unpaired) electrons. The summed E-state index contributed by atoms with van der Waals surface area (Å²) in [5.74, 6) is 1.83. The summed E-state index contributed by atoms with van der Waals surface area (Å²) in [5, 5.41) is 4.92. The van der Waals surface area contributed by atoms with E-state index in [1.165, 1.54) is 60.5 Å². The van der Waals surface area contributed by atoms with Gasteiger partial charge in [0.15, 0.2) is 0 Å². The summed E-state index contributed by atoms with van der Waals surface area (Å²) in [7, 11) is 0. The number of hydrogen-bond donors (Lipinski definition) is 0. The lowest BCUT2D eigenvalue weighted by Crippen LogP contribution is -2.28. The van der Waals surface area contributed by atoms with Crippen molar-refractivity contribution >= 4 is 21.5 Å². The molecule has 0 aromatic heterocycles. The van der Waals surface area contributed by atoms with E-state index in [0.29, 0.717) is 0 Å². The first-order chi connectivity index (χ1) is 22.8. The van der Waals surface area contributed by atoms with E-state index in [2.05, 4.69) is 170 Å². The van der Waals surface area contributed by atoms with Crippen molar-refractivity contribution < 1.29 is 4.74 Å². The van der Waals surface area contributed by atoms with Crippen LogP contribution in [0, 0.1) is 0 Å². The fourth-order valence-electron chi connectivity index (χ4n) is 8.24. The van der Waals surface area contributed by atoms with E-state index >= 15 is 0 Å². The van der Waals surface area contributed by atoms with E-state index in [-0.39, 0.29) is 0 Å². The van der Waals surface area contributed by atoms with E-state index in [0.717, 1.165) is 28.2 Å². The number of ether oxygens (including phenoxy) is 1. The Hall–Kier alpha value is -5.92. The van der Waals surface area contributed by atoms with Gasteiger partial charge in [0.1, 0.15) is 11.5 Å². The van der Waals surface area contributed by atoms with Crippen LogP contribution in [0.15, 0.2) is 170 Å². The zero-order valence-electron chi connectivity index (χ0n) is 25.1. The van der Waals surface area contributed by atoms with Crippen LogP contribution in [-0.2, 0) is 5.41 Å². The van der Waals surface area contributed by atoms with Crippen molar-refractivity contribution in [2.24, 2.45) is 0 Å². The zero-order valence-corrected chi connectivity index (χ0v) is 25.1. The Morgan fingerprint density at radius 1 is 0.413 bits per heavy atom. The van der Waals surface area contributed by atoms with Crippen LogP contribution >= 0.6 is 0 Å². The van der Waals surface area contributed by atoms with Gasteiger partial charge in [-0.15, -0.1) is 0 Å². The number of fused-ring (bicyclic) bond motifs is 7. The Bertz CT molecular complexity index is 2450. The molecule has 1 aliphatic carbocycles. The molecule has 8 aromatic rings. The van der Waals surface area contributed by atoms with Crippen molar-refractivity contribution in [3.05, 3.63) is 192 Å². The van der Waals surface area contributed by atoms with Crippen molar-refractivity contribution in [1.29, 1.82) is 0 Å². The molecule has 0 N–H and O–H groups in total. The van der Waals surface area contributed by atoms with Crippen molar-refractivity contribution in [2.75, 3.05) is 0 Å². The summed E-state index contributed by atoms with van der Waals surface area (Å²) in [6, 6.07) is 62.0. The summed E-state index contributed by atoms with van der Waals surface area (Å²) in [5.41, 5.74) is 11.9. The summed E-state index contributed by atoms with van der Waals surface area (Å²) in [4.78, 5) is 0. The van der Waals surface area contributed by atoms with Gasteiger partial charge in [0, 0.05) is 16.5 Å². The molecule has 0 unspecified atom stereocenters. The van der Waals surface area contributed by atoms with Gasteiger partial charge in [0.25, 0.3) is 0 Å². The minimum Gasteiger partial charge on any atom is -0.455 e. The Kier molecular flexibility index (Phi) is 5.27. The smallest absolute Gasteiger partial charge is 0.143 e. The molecule has 1 nitrogen and oxygen atoms in total. The van der Waals surface area contributed by atoms with Gasteiger partial charge >= 0.3 is 0 Å². The van der Waals surface area contributed by atoms with Gasteiger partial charge in [-0.1, -0.05) is 158 Å². The average molecular weight is 585 g/mol. The van der Waals surface area contributed by atoms with Crippen LogP contribution in [0.2, 0.25) is 0 Å². The zero-order chi connectivity index (χ0) is 30.2. The third-order valence-electron chi connectivity index (χ3n) is 10.1. The van der Waals surface area contributed by atoms with Gasteiger partial charge in [-0.05, 0) is 72.8 Å². The number of hydrogen-bond acceptors (Lipinski definition) is 1. The SMILES string of the molecule is c1ccc(C2(c3ccccc3)c3cc(-c4cccc5c4Oc4cccc6cccc-5c46)ccc3-c3c2ccc2ccccc32)cc1. The Morgan fingerprint density at radius 3 is 1.87 bits per heavy atom. The molecule has 0 bridgehead atoms. The van der Waals surface area contributed by atoms with Gasteiger partial charge in [-0.25, -0.2) is 0 Å². The fraction of sp³-hybridized carbons (Fsp3) is 0.0222. The molecule has 10 rings (SSSR count). The normalized spacial score (nSPS) is 13.6. The van der Waals surface area contributed by atoms with Crippen LogP contribution < -0.4 is 4.74 Å². The van der Waals surface area contributed by atoms with E-state index < -0.39 is 5.41 Å². The summed E-state index contributed by atoms with van der Waals surface area (Å²) in [6.07, 6.45) is 0. The summed E-state index contributed by atoms with van der Waals surface area (Å²) in [6.45, 7) is 0. The lowest BCUT2D eigenvalue weighted by atomic mass is 9.67. The summed E-state index contributed by atoms with van der Waals surface area (Å²) < 4.78 is 6.80. The quantitative estimate of drug-likeness (QED) is 0.201. The highest BCUT2D eigenvalue weighted by Gasteiger charge is 2.46. The Balaban J connectivity index is 1.29. The highest BCUT2D eigenvalue weighted by molar-refractivity contribution is 6.07. The fourth-order valence-corrected chi connectivity index (χ4v) is 8.24. The topological polar surface area (TPSA) is 9.23 Å². The minimum absolute atomic E-state index is 0.485. The van der Waals surface area contributed by atoms with Gasteiger partial charge in [0.05, 0.1) is 5.41 Å². The van der Waals surface area contributed by atoms with Gasteiger partial charge in [0.2, 0.25) is 0 Å². The molecule has 0 spiro atoms. The van der Waals surface area contributed by atoms with Gasteiger partial charge < -0.3 is 4.74 Å². The molecule has 0 saturated heterocycles. The van der Waals surface area contributed by atoms with E-state index in [1.54, 1.807) is 0 Å². The molecule has 0 amide bonds. The van der Waals surface area contributed by atoms with E-state index in [9.17, 15) is 0 Å². The van der Waals surface area contributed by atoms with Crippen molar-refractivity contribution in [2.45, 2.75) is 5.41 Å². The first-order valence-corrected chi connectivity index (χ1v) is 15.9. The van der Waals surface area contributed by atoms with Crippen LogP contribution in [0.3, 0.4) is 0 Å². The molecule has 0 fully saturated rings. The largest absolute Gasteiger partial charge is 0.455 e. The van der Waals surface area contributed by atoms with E-state index in [1.807, 2.05) is 0 Å². The molecule has 46 heavy (non-hydrogen) atoms. The van der Waals surface area contributed by atoms with Crippen molar-refractivity contribution in [3.8, 4) is 44.9 Å². The highest BCUT2D eigenvalue weighted by Crippen LogP contribution is 2.59. The van der Waals surface area contributed by atoms with Gasteiger partial charge in [-0.3, -0.25) is 0 Å². The average Bonchev–Trinajstić information content (AvgIpc) is 3.43. The van der Waals surface area contributed by atoms with Crippen LogP contribution in [-0.4, -0.2) is 0 Å². The third-order valence-corrected chi connectivity index (χ3v) is 10.1. The molecule has 2 aliphatic rings. The third kappa shape index (κ3) is 3.35. The van der Waals surface area contributed by atoms with Crippen molar-refractivity contribution in [3.63, 3.8) is 0 Å². The number of rotatable bonds is 3. The molecule has 8 aromatic carbocycles. The minimum atomic E-state index is -0.485. The van der Waals surface area contributed by atoms with Gasteiger partial charge in [-0.2, -0.15) is 0 Å². The maximum Gasteiger partial charge on any atom is 0.143 e. The monoisotopic (exact) mass is 584 g/mol. The van der Waals surface area contributed by atoms with Crippen LogP contribution in [0.25, 0.3) is 54.9 Å². The molecule has 214 valence electrons.